The van der Waals surface area contributed by atoms with E-state index < -0.39 is 6.10 Å². The fourth-order valence-corrected chi connectivity index (χ4v) is 5.05. The third kappa shape index (κ3) is 6.52. The van der Waals surface area contributed by atoms with Gasteiger partial charge in [-0.3, -0.25) is 9.59 Å². The second-order valence-corrected chi connectivity index (χ2v) is 9.32. The SMILES string of the molecule is CC[C@H](C)C(=O)O[C@H]1C[C@@H](C)C=C2C=C[C@H](C)[C@H](CC[C@@H]3C[C@@H]([O-])CC(=O)O3)[C@H]21.[K+]. The van der Waals surface area contributed by atoms with Crippen molar-refractivity contribution in [3.63, 3.8) is 0 Å². The first-order chi connectivity index (χ1) is 13.8. The number of esters is 2. The fraction of sp³-hybridized carbons (Fsp3) is 0.750. The molecule has 1 heterocycles. The molecule has 3 aliphatic rings. The minimum absolute atomic E-state index is 0. The molecule has 1 saturated heterocycles. The molecule has 162 valence electrons. The Kier molecular flexibility index (Phi) is 10.3. The molecule has 0 saturated carbocycles. The molecular weight excluding hydrogens is 407 g/mol. The van der Waals surface area contributed by atoms with Crippen LogP contribution < -0.4 is 56.5 Å². The summed E-state index contributed by atoms with van der Waals surface area (Å²) >= 11 is 0. The Morgan fingerprint density at radius 2 is 2.03 bits per heavy atom. The molecule has 6 heteroatoms. The molecule has 30 heavy (non-hydrogen) atoms. The maximum atomic E-state index is 12.5. The van der Waals surface area contributed by atoms with Crippen LogP contribution in [0.5, 0.6) is 0 Å². The smallest absolute Gasteiger partial charge is 0.851 e. The van der Waals surface area contributed by atoms with Crippen LogP contribution in [0.1, 0.15) is 66.2 Å². The number of cyclic esters (lactones) is 1. The van der Waals surface area contributed by atoms with E-state index in [2.05, 4.69) is 32.1 Å². The zero-order valence-electron chi connectivity index (χ0n) is 19.1. The predicted octanol–water partition coefficient (Wildman–Crippen LogP) is 0.568. The van der Waals surface area contributed by atoms with Crippen LogP contribution in [-0.4, -0.2) is 30.3 Å². The number of fused-ring (bicyclic) bond motifs is 1. The van der Waals surface area contributed by atoms with Gasteiger partial charge >= 0.3 is 63.3 Å². The van der Waals surface area contributed by atoms with Gasteiger partial charge < -0.3 is 14.6 Å². The number of rotatable bonds is 6. The minimum Gasteiger partial charge on any atom is -0.851 e. The van der Waals surface area contributed by atoms with Gasteiger partial charge in [-0.25, -0.2) is 0 Å². The monoisotopic (exact) mass is 442 g/mol. The van der Waals surface area contributed by atoms with Crippen LogP contribution in [0, 0.1) is 29.6 Å². The number of allylic oxidation sites excluding steroid dienone is 3. The van der Waals surface area contributed by atoms with Crippen molar-refractivity contribution in [2.75, 3.05) is 0 Å². The van der Waals surface area contributed by atoms with E-state index in [1.807, 2.05) is 13.8 Å². The summed E-state index contributed by atoms with van der Waals surface area (Å²) in [6.45, 7) is 8.30. The molecule has 0 aromatic rings. The first kappa shape index (κ1) is 26.3. The van der Waals surface area contributed by atoms with Crippen LogP contribution in [-0.2, 0) is 19.1 Å². The summed E-state index contributed by atoms with van der Waals surface area (Å²) in [5.74, 6) is 0.617. The predicted molar refractivity (Wildman–Crippen MR) is 109 cm³/mol. The third-order valence-electron chi connectivity index (χ3n) is 6.92. The summed E-state index contributed by atoms with van der Waals surface area (Å²) in [5, 5.41) is 11.8. The van der Waals surface area contributed by atoms with E-state index >= 15 is 0 Å². The first-order valence-corrected chi connectivity index (χ1v) is 11.2. The summed E-state index contributed by atoms with van der Waals surface area (Å²) < 4.78 is 11.5. The van der Waals surface area contributed by atoms with Gasteiger partial charge in [0.05, 0.1) is 5.92 Å². The molecule has 0 bridgehead atoms. The molecule has 5 nitrogen and oxygen atoms in total. The van der Waals surface area contributed by atoms with Gasteiger partial charge in [0.1, 0.15) is 12.2 Å². The van der Waals surface area contributed by atoms with Crippen molar-refractivity contribution in [2.45, 2.75) is 84.5 Å². The number of hydrogen-bond acceptors (Lipinski definition) is 5. The number of carbonyl (C=O) groups is 2. The van der Waals surface area contributed by atoms with Gasteiger partial charge in [0.2, 0.25) is 0 Å². The van der Waals surface area contributed by atoms with E-state index in [1.54, 1.807) is 0 Å². The topological polar surface area (TPSA) is 75.7 Å². The van der Waals surface area contributed by atoms with Crippen LogP contribution in [0.15, 0.2) is 23.8 Å². The zero-order valence-corrected chi connectivity index (χ0v) is 22.3. The van der Waals surface area contributed by atoms with Crippen molar-refractivity contribution in [3.05, 3.63) is 23.8 Å². The van der Waals surface area contributed by atoms with Crippen molar-refractivity contribution in [1.82, 2.24) is 0 Å². The molecule has 0 amide bonds. The van der Waals surface area contributed by atoms with Crippen molar-refractivity contribution in [2.24, 2.45) is 29.6 Å². The Hall–Kier alpha value is 0.0164. The maximum Gasteiger partial charge on any atom is 1.00 e. The summed E-state index contributed by atoms with van der Waals surface area (Å²) in [6.07, 6.45) is 9.04. The van der Waals surface area contributed by atoms with E-state index in [1.165, 1.54) is 5.57 Å². The van der Waals surface area contributed by atoms with Gasteiger partial charge in [-0.2, -0.15) is 0 Å². The van der Waals surface area contributed by atoms with E-state index in [4.69, 9.17) is 9.47 Å². The molecule has 0 aromatic heterocycles. The quantitative estimate of drug-likeness (QED) is 0.444. The second kappa shape index (κ2) is 11.8. The van der Waals surface area contributed by atoms with E-state index in [-0.39, 0.29) is 93.8 Å². The molecule has 0 N–H and O–H groups in total. The van der Waals surface area contributed by atoms with Gasteiger partial charge in [-0.05, 0) is 55.4 Å². The van der Waals surface area contributed by atoms with Crippen LogP contribution in [0.3, 0.4) is 0 Å². The molecule has 1 fully saturated rings. The van der Waals surface area contributed by atoms with E-state index in [0.29, 0.717) is 30.6 Å². The average molecular weight is 443 g/mol. The molecule has 3 rings (SSSR count). The van der Waals surface area contributed by atoms with Crippen LogP contribution in [0.25, 0.3) is 0 Å². The molecule has 0 radical (unpaired) electrons. The van der Waals surface area contributed by atoms with Gasteiger partial charge in [0, 0.05) is 12.3 Å². The summed E-state index contributed by atoms with van der Waals surface area (Å²) in [6, 6.07) is 0. The van der Waals surface area contributed by atoms with Gasteiger partial charge in [-0.1, -0.05) is 45.9 Å². The van der Waals surface area contributed by atoms with Crippen LogP contribution in [0.2, 0.25) is 0 Å². The van der Waals surface area contributed by atoms with Gasteiger partial charge in [0.15, 0.2) is 0 Å². The normalized spacial score (nSPS) is 36.6. The molecule has 0 spiro atoms. The summed E-state index contributed by atoms with van der Waals surface area (Å²) in [4.78, 5) is 24.2. The molecule has 0 unspecified atom stereocenters. The van der Waals surface area contributed by atoms with Gasteiger partial charge in [-0.15, -0.1) is 6.10 Å². The van der Waals surface area contributed by atoms with E-state index in [0.717, 1.165) is 19.3 Å². The maximum absolute atomic E-state index is 12.5. The second-order valence-electron chi connectivity index (χ2n) is 9.32. The standard InChI is InChI=1S/C24H35O5.K/c1-5-15(3)24(27)29-21-11-14(2)10-17-7-6-16(4)20(23(17)21)9-8-19-12-18(25)13-22(26)28-19;/h6-7,10,14-16,18-21,23H,5,8-9,11-13H2,1-4H3;/q-1;+1/t14-,15-,16-,18+,19+,20-,21-,23-;/m0./s1. The molecule has 0 aromatic carbocycles. The number of hydrogen-bond donors (Lipinski definition) is 0. The number of ether oxygens (including phenoxy) is 2. The van der Waals surface area contributed by atoms with E-state index in [9.17, 15) is 14.7 Å². The first-order valence-electron chi connectivity index (χ1n) is 11.2. The average Bonchev–Trinajstić information content (AvgIpc) is 2.65. The third-order valence-corrected chi connectivity index (χ3v) is 6.92. The Morgan fingerprint density at radius 1 is 1.30 bits per heavy atom. The Morgan fingerprint density at radius 3 is 2.70 bits per heavy atom. The zero-order chi connectivity index (χ0) is 21.1. The van der Waals surface area contributed by atoms with Crippen LogP contribution in [0.4, 0.5) is 0 Å². The summed E-state index contributed by atoms with van der Waals surface area (Å²) in [7, 11) is 0. The molecule has 2 aliphatic carbocycles. The molecular formula is C24H35KO5. The van der Waals surface area contributed by atoms with Crippen molar-refractivity contribution in [3.8, 4) is 0 Å². The fourth-order valence-electron chi connectivity index (χ4n) is 5.05. The largest absolute Gasteiger partial charge is 1.00 e. The number of carbonyl (C=O) groups excluding carboxylic acids is 2. The Bertz CT molecular complexity index is 673. The summed E-state index contributed by atoms with van der Waals surface area (Å²) in [5.41, 5.74) is 1.26. The van der Waals surface area contributed by atoms with Crippen molar-refractivity contribution >= 4 is 11.9 Å². The molecule has 8 atom stereocenters. The van der Waals surface area contributed by atoms with Gasteiger partial charge in [0.25, 0.3) is 0 Å². The van der Waals surface area contributed by atoms with Crippen molar-refractivity contribution in [1.29, 1.82) is 0 Å². The Labute approximate surface area is 223 Å². The minimum atomic E-state index is -0.847. The van der Waals surface area contributed by atoms with Crippen LogP contribution >= 0.6 is 0 Å². The molecule has 1 aliphatic heterocycles. The Balaban J connectivity index is 0.00000320. The van der Waals surface area contributed by atoms with Crippen molar-refractivity contribution < 1.29 is 75.6 Å².